The molecule has 134 valence electrons. The maximum Gasteiger partial charge on any atom is 0.229 e. The van der Waals surface area contributed by atoms with Crippen LogP contribution >= 0.6 is 12.2 Å². The van der Waals surface area contributed by atoms with Gasteiger partial charge in [0.05, 0.1) is 0 Å². The molecule has 0 saturated heterocycles. The van der Waals surface area contributed by atoms with Crippen LogP contribution in [-0.2, 0) is 16.0 Å². The second kappa shape index (κ2) is 8.58. The van der Waals surface area contributed by atoms with Crippen LogP contribution in [0, 0.1) is 5.92 Å². The minimum absolute atomic E-state index is 0.0233. The molecule has 6 heteroatoms. The van der Waals surface area contributed by atoms with Gasteiger partial charge in [0, 0.05) is 23.7 Å². The molecule has 1 aliphatic rings. The van der Waals surface area contributed by atoms with Gasteiger partial charge in [0.15, 0.2) is 5.11 Å². The summed E-state index contributed by atoms with van der Waals surface area (Å²) < 4.78 is 0. The predicted molar refractivity (Wildman–Crippen MR) is 107 cm³/mol. The van der Waals surface area contributed by atoms with Crippen molar-refractivity contribution in [2.45, 2.75) is 25.7 Å². The Balaban J connectivity index is 1.43. The van der Waals surface area contributed by atoms with Crippen LogP contribution in [0.3, 0.4) is 0 Å². The molecule has 0 radical (unpaired) electrons. The van der Waals surface area contributed by atoms with Crippen molar-refractivity contribution in [3.05, 3.63) is 60.2 Å². The van der Waals surface area contributed by atoms with Crippen molar-refractivity contribution in [2.75, 3.05) is 10.6 Å². The first-order valence-electron chi connectivity index (χ1n) is 8.66. The van der Waals surface area contributed by atoms with E-state index in [1.165, 1.54) is 0 Å². The topological polar surface area (TPSA) is 70.2 Å². The number of thiocarbonyl (C=S) groups is 1. The van der Waals surface area contributed by atoms with E-state index in [1.807, 2.05) is 42.5 Å². The van der Waals surface area contributed by atoms with Crippen LogP contribution in [-0.4, -0.2) is 16.9 Å². The summed E-state index contributed by atoms with van der Waals surface area (Å²) in [5.74, 6) is 0.0646. The highest BCUT2D eigenvalue weighted by Crippen LogP contribution is 2.28. The molecule has 0 unspecified atom stereocenters. The van der Waals surface area contributed by atoms with Gasteiger partial charge in [-0.2, -0.15) is 0 Å². The van der Waals surface area contributed by atoms with Crippen LogP contribution in [0.2, 0.25) is 0 Å². The fourth-order valence-corrected chi connectivity index (χ4v) is 2.70. The molecule has 26 heavy (non-hydrogen) atoms. The van der Waals surface area contributed by atoms with Crippen LogP contribution in [0.15, 0.2) is 54.6 Å². The lowest BCUT2D eigenvalue weighted by Crippen LogP contribution is -2.35. The van der Waals surface area contributed by atoms with E-state index in [0.717, 1.165) is 29.8 Å². The van der Waals surface area contributed by atoms with Crippen LogP contribution in [0.5, 0.6) is 0 Å². The zero-order valence-corrected chi connectivity index (χ0v) is 15.1. The number of amides is 2. The Morgan fingerprint density at radius 3 is 2.15 bits per heavy atom. The number of nitrogens with one attached hydrogen (secondary N) is 3. The van der Waals surface area contributed by atoms with E-state index in [9.17, 15) is 9.59 Å². The lowest BCUT2D eigenvalue weighted by atomic mass is 10.1. The minimum Gasteiger partial charge on any atom is -0.332 e. The SMILES string of the molecule is O=C(CCc1ccccc1)Nc1ccc(NC(=S)NC(=O)C2CC2)cc1. The molecule has 3 N–H and O–H groups in total. The van der Waals surface area contributed by atoms with E-state index >= 15 is 0 Å². The molecular formula is C20H21N3O2S. The quantitative estimate of drug-likeness (QED) is 0.684. The summed E-state index contributed by atoms with van der Waals surface area (Å²) in [5, 5.41) is 8.82. The normalized spacial score (nSPS) is 12.9. The van der Waals surface area contributed by atoms with E-state index in [2.05, 4.69) is 16.0 Å². The van der Waals surface area contributed by atoms with Gasteiger partial charge in [-0.15, -0.1) is 0 Å². The van der Waals surface area contributed by atoms with Crippen molar-refractivity contribution in [3.8, 4) is 0 Å². The first-order chi connectivity index (χ1) is 12.6. The largest absolute Gasteiger partial charge is 0.332 e. The molecule has 2 amide bonds. The van der Waals surface area contributed by atoms with Gasteiger partial charge in [-0.1, -0.05) is 30.3 Å². The van der Waals surface area contributed by atoms with Crippen molar-refractivity contribution in [1.82, 2.24) is 5.32 Å². The van der Waals surface area contributed by atoms with Crippen molar-refractivity contribution < 1.29 is 9.59 Å². The Bertz CT molecular complexity index is 786. The molecular weight excluding hydrogens is 346 g/mol. The van der Waals surface area contributed by atoms with Crippen LogP contribution < -0.4 is 16.0 Å². The highest BCUT2D eigenvalue weighted by Gasteiger charge is 2.29. The van der Waals surface area contributed by atoms with E-state index in [0.29, 0.717) is 18.0 Å². The van der Waals surface area contributed by atoms with Gasteiger partial charge in [-0.3, -0.25) is 9.59 Å². The summed E-state index contributed by atoms with van der Waals surface area (Å²) in [5.41, 5.74) is 2.62. The van der Waals surface area contributed by atoms with Crippen LogP contribution in [0.25, 0.3) is 0 Å². The third kappa shape index (κ3) is 5.67. The van der Waals surface area contributed by atoms with Gasteiger partial charge in [0.2, 0.25) is 11.8 Å². The van der Waals surface area contributed by atoms with Gasteiger partial charge >= 0.3 is 0 Å². The highest BCUT2D eigenvalue weighted by molar-refractivity contribution is 7.80. The monoisotopic (exact) mass is 367 g/mol. The average molecular weight is 367 g/mol. The number of rotatable bonds is 6. The number of carbonyl (C=O) groups is 2. The molecule has 0 atom stereocenters. The average Bonchev–Trinajstić information content (AvgIpc) is 3.48. The van der Waals surface area contributed by atoms with Gasteiger partial charge in [0.25, 0.3) is 0 Å². The summed E-state index contributed by atoms with van der Waals surface area (Å²) >= 11 is 5.13. The molecule has 0 aliphatic heterocycles. The summed E-state index contributed by atoms with van der Waals surface area (Å²) in [6.45, 7) is 0. The van der Waals surface area contributed by atoms with Gasteiger partial charge < -0.3 is 16.0 Å². The Hall–Kier alpha value is -2.73. The molecule has 1 aliphatic carbocycles. The maximum atomic E-state index is 12.0. The Kier molecular flexibility index (Phi) is 5.96. The molecule has 2 aromatic carbocycles. The number of hydrogen-bond acceptors (Lipinski definition) is 3. The summed E-state index contributed by atoms with van der Waals surface area (Å²) in [7, 11) is 0. The minimum atomic E-state index is -0.0261. The number of benzene rings is 2. The second-order valence-corrected chi connectivity index (χ2v) is 6.74. The zero-order chi connectivity index (χ0) is 18.4. The molecule has 0 bridgehead atoms. The van der Waals surface area contributed by atoms with E-state index in [4.69, 9.17) is 12.2 Å². The zero-order valence-electron chi connectivity index (χ0n) is 14.3. The Labute approximate surface area is 158 Å². The summed E-state index contributed by atoms with van der Waals surface area (Å²) in [6.07, 6.45) is 3.02. The third-order valence-electron chi connectivity index (χ3n) is 4.09. The predicted octanol–water partition coefficient (Wildman–Crippen LogP) is 3.48. The third-order valence-corrected chi connectivity index (χ3v) is 4.30. The smallest absolute Gasteiger partial charge is 0.229 e. The first-order valence-corrected chi connectivity index (χ1v) is 9.06. The van der Waals surface area contributed by atoms with Crippen LogP contribution in [0.4, 0.5) is 11.4 Å². The molecule has 3 rings (SSSR count). The molecule has 1 fully saturated rings. The second-order valence-electron chi connectivity index (χ2n) is 6.33. The first kappa shape index (κ1) is 18.1. The lowest BCUT2D eigenvalue weighted by Gasteiger charge is -2.10. The fraction of sp³-hybridized carbons (Fsp3) is 0.250. The fourth-order valence-electron chi connectivity index (χ4n) is 2.48. The molecule has 0 heterocycles. The van der Waals surface area contributed by atoms with Crippen molar-refractivity contribution in [3.63, 3.8) is 0 Å². The maximum absolute atomic E-state index is 12.0. The Morgan fingerprint density at radius 1 is 0.923 bits per heavy atom. The highest BCUT2D eigenvalue weighted by atomic mass is 32.1. The van der Waals surface area contributed by atoms with Crippen molar-refractivity contribution >= 4 is 40.5 Å². The van der Waals surface area contributed by atoms with Crippen molar-refractivity contribution in [2.24, 2.45) is 5.92 Å². The van der Waals surface area contributed by atoms with E-state index in [-0.39, 0.29) is 17.7 Å². The molecule has 5 nitrogen and oxygen atoms in total. The van der Waals surface area contributed by atoms with Crippen LogP contribution in [0.1, 0.15) is 24.8 Å². The molecule has 1 saturated carbocycles. The number of hydrogen-bond donors (Lipinski definition) is 3. The van der Waals surface area contributed by atoms with E-state index in [1.54, 1.807) is 12.1 Å². The molecule has 0 aromatic heterocycles. The number of carbonyl (C=O) groups excluding carboxylic acids is 2. The Morgan fingerprint density at radius 2 is 1.54 bits per heavy atom. The van der Waals surface area contributed by atoms with Gasteiger partial charge in [0.1, 0.15) is 0 Å². The lowest BCUT2D eigenvalue weighted by molar-refractivity contribution is -0.120. The molecule has 0 spiro atoms. The van der Waals surface area contributed by atoms with Crippen molar-refractivity contribution in [1.29, 1.82) is 0 Å². The standard InChI is InChI=1S/C20H21N3O2S/c24-18(13-6-14-4-2-1-3-5-14)21-16-9-11-17(12-10-16)22-20(26)23-19(25)15-7-8-15/h1-5,9-12,15H,6-8,13H2,(H,21,24)(H2,22,23,25,26). The van der Waals surface area contributed by atoms with Gasteiger partial charge in [-0.25, -0.2) is 0 Å². The summed E-state index contributed by atoms with van der Waals surface area (Å²) in [6, 6.07) is 17.1. The molecule has 2 aromatic rings. The van der Waals surface area contributed by atoms with Gasteiger partial charge in [-0.05, 0) is 61.3 Å². The summed E-state index contributed by atoms with van der Waals surface area (Å²) in [4.78, 5) is 23.7. The number of aryl methyl sites for hydroxylation is 1. The van der Waals surface area contributed by atoms with E-state index < -0.39 is 0 Å². The number of anilines is 2.